The predicted molar refractivity (Wildman–Crippen MR) is 96.9 cm³/mol. The summed E-state index contributed by atoms with van der Waals surface area (Å²) in [6.45, 7) is 0.268. The molecule has 0 atom stereocenters. The summed E-state index contributed by atoms with van der Waals surface area (Å²) >= 11 is 12.0. The zero-order chi connectivity index (χ0) is 18.2. The van der Waals surface area contributed by atoms with Gasteiger partial charge in [-0.25, -0.2) is 10.2 Å². The molecule has 8 heteroatoms. The second-order valence-electron chi connectivity index (χ2n) is 4.80. The molecule has 0 fully saturated rings. The Bertz CT molecular complexity index is 781. The van der Waals surface area contributed by atoms with Gasteiger partial charge in [-0.2, -0.15) is 5.10 Å². The van der Waals surface area contributed by atoms with Gasteiger partial charge < -0.3 is 14.2 Å². The summed E-state index contributed by atoms with van der Waals surface area (Å²) in [7, 11) is 2.79. The Hall–Kier alpha value is -2.44. The number of methoxy groups -OCH3 is 2. The Balaban J connectivity index is 2.07. The van der Waals surface area contributed by atoms with Gasteiger partial charge in [0.1, 0.15) is 6.61 Å². The standard InChI is InChI=1S/C17H16Cl2N2O4/c1-23-16-7-11(9-20-21-17(22)24-2)3-6-15(16)25-10-12-4-5-13(18)8-14(12)19/h3-9H,10H2,1-2H3,(H,21,22)/b20-9+. The van der Waals surface area contributed by atoms with Gasteiger partial charge in [-0.3, -0.25) is 0 Å². The number of rotatable bonds is 6. The molecule has 1 amide bonds. The maximum atomic E-state index is 10.9. The first-order chi connectivity index (χ1) is 12.0. The third kappa shape index (κ3) is 5.55. The van der Waals surface area contributed by atoms with Crippen LogP contribution in [0.1, 0.15) is 11.1 Å². The highest BCUT2D eigenvalue weighted by Gasteiger charge is 2.08. The number of ether oxygens (including phenoxy) is 3. The first-order valence-corrected chi connectivity index (χ1v) is 7.91. The van der Waals surface area contributed by atoms with Gasteiger partial charge >= 0.3 is 6.09 Å². The molecule has 0 radical (unpaired) electrons. The molecule has 0 unspecified atom stereocenters. The van der Waals surface area contributed by atoms with Crippen molar-refractivity contribution in [2.24, 2.45) is 5.10 Å². The lowest BCUT2D eigenvalue weighted by Gasteiger charge is -2.12. The van der Waals surface area contributed by atoms with E-state index in [-0.39, 0.29) is 6.61 Å². The van der Waals surface area contributed by atoms with E-state index in [4.69, 9.17) is 32.7 Å². The fourth-order valence-electron chi connectivity index (χ4n) is 1.88. The molecule has 0 aliphatic rings. The lowest BCUT2D eigenvalue weighted by molar-refractivity contribution is 0.171. The van der Waals surface area contributed by atoms with E-state index in [0.717, 1.165) is 5.56 Å². The van der Waals surface area contributed by atoms with Gasteiger partial charge in [0.15, 0.2) is 11.5 Å². The van der Waals surface area contributed by atoms with Gasteiger partial charge in [0.2, 0.25) is 0 Å². The van der Waals surface area contributed by atoms with Crippen LogP contribution in [0.5, 0.6) is 11.5 Å². The molecule has 0 heterocycles. The molecular weight excluding hydrogens is 367 g/mol. The Kier molecular flexibility index (Phi) is 6.91. The molecule has 0 aliphatic carbocycles. The monoisotopic (exact) mass is 382 g/mol. The number of hydrogen-bond donors (Lipinski definition) is 1. The Morgan fingerprint density at radius 3 is 2.64 bits per heavy atom. The van der Waals surface area contributed by atoms with Crippen LogP contribution in [0.25, 0.3) is 0 Å². The van der Waals surface area contributed by atoms with E-state index in [1.165, 1.54) is 20.4 Å². The molecule has 1 N–H and O–H groups in total. The molecule has 0 saturated carbocycles. The van der Waals surface area contributed by atoms with Gasteiger partial charge in [-0.1, -0.05) is 29.3 Å². The molecule has 0 saturated heterocycles. The summed E-state index contributed by atoms with van der Waals surface area (Å²) in [4.78, 5) is 10.9. The van der Waals surface area contributed by atoms with Crippen LogP contribution in [0.4, 0.5) is 4.79 Å². The first kappa shape index (κ1) is 18.9. The topological polar surface area (TPSA) is 69.2 Å². The second kappa shape index (κ2) is 9.15. The van der Waals surface area contributed by atoms with Crippen LogP contribution in [0, 0.1) is 0 Å². The Morgan fingerprint density at radius 2 is 1.96 bits per heavy atom. The van der Waals surface area contributed by atoms with Crippen molar-refractivity contribution in [2.45, 2.75) is 6.61 Å². The number of benzene rings is 2. The number of nitrogens with one attached hydrogen (secondary N) is 1. The number of carbonyl (C=O) groups excluding carboxylic acids is 1. The molecule has 2 aromatic rings. The van der Waals surface area contributed by atoms with E-state index in [9.17, 15) is 4.79 Å². The summed E-state index contributed by atoms with van der Waals surface area (Å²) in [6.07, 6.45) is 0.808. The number of hydrazone groups is 1. The summed E-state index contributed by atoms with van der Waals surface area (Å²) < 4.78 is 15.5. The van der Waals surface area contributed by atoms with Crippen molar-refractivity contribution in [3.8, 4) is 11.5 Å². The average molecular weight is 383 g/mol. The third-order valence-electron chi connectivity index (χ3n) is 3.14. The third-order valence-corrected chi connectivity index (χ3v) is 3.73. The van der Waals surface area contributed by atoms with E-state index < -0.39 is 6.09 Å². The highest BCUT2D eigenvalue weighted by atomic mass is 35.5. The van der Waals surface area contributed by atoms with Crippen molar-refractivity contribution in [2.75, 3.05) is 14.2 Å². The maximum Gasteiger partial charge on any atom is 0.427 e. The molecule has 2 aromatic carbocycles. The van der Waals surface area contributed by atoms with E-state index >= 15 is 0 Å². The van der Waals surface area contributed by atoms with Crippen molar-refractivity contribution >= 4 is 35.5 Å². The van der Waals surface area contributed by atoms with Gasteiger partial charge in [-0.15, -0.1) is 0 Å². The Labute approximate surface area is 155 Å². The Morgan fingerprint density at radius 1 is 1.16 bits per heavy atom. The highest BCUT2D eigenvalue weighted by molar-refractivity contribution is 6.35. The summed E-state index contributed by atoms with van der Waals surface area (Å²) in [5.74, 6) is 1.07. The van der Waals surface area contributed by atoms with E-state index in [0.29, 0.717) is 27.1 Å². The second-order valence-corrected chi connectivity index (χ2v) is 5.64. The zero-order valence-corrected chi connectivity index (χ0v) is 15.1. The molecule has 0 aromatic heterocycles. The normalized spacial score (nSPS) is 10.6. The summed E-state index contributed by atoms with van der Waals surface area (Å²) in [5.41, 5.74) is 3.72. The average Bonchev–Trinajstić information content (AvgIpc) is 2.61. The molecule has 0 aliphatic heterocycles. The van der Waals surface area contributed by atoms with Crippen LogP contribution in [-0.4, -0.2) is 26.5 Å². The maximum absolute atomic E-state index is 10.9. The predicted octanol–water partition coefficient (Wildman–Crippen LogP) is 4.27. The summed E-state index contributed by atoms with van der Waals surface area (Å²) in [6, 6.07) is 10.4. The lowest BCUT2D eigenvalue weighted by Crippen LogP contribution is -2.16. The smallest absolute Gasteiger partial charge is 0.427 e. The van der Waals surface area contributed by atoms with Crippen LogP contribution in [0.2, 0.25) is 10.0 Å². The van der Waals surface area contributed by atoms with Crippen LogP contribution in [0.15, 0.2) is 41.5 Å². The van der Waals surface area contributed by atoms with Crippen molar-refractivity contribution in [1.29, 1.82) is 0 Å². The fourth-order valence-corrected chi connectivity index (χ4v) is 2.35. The van der Waals surface area contributed by atoms with Gasteiger partial charge in [0.05, 0.1) is 20.4 Å². The van der Waals surface area contributed by atoms with Crippen molar-refractivity contribution in [3.05, 3.63) is 57.6 Å². The van der Waals surface area contributed by atoms with Crippen molar-refractivity contribution < 1.29 is 19.0 Å². The zero-order valence-electron chi connectivity index (χ0n) is 13.6. The molecule has 0 bridgehead atoms. The van der Waals surface area contributed by atoms with Crippen molar-refractivity contribution in [3.63, 3.8) is 0 Å². The SMILES string of the molecule is COC(=O)N/N=C/c1ccc(OCc2ccc(Cl)cc2Cl)c(OC)c1. The number of hydrogen-bond acceptors (Lipinski definition) is 5. The van der Waals surface area contributed by atoms with Gasteiger partial charge in [-0.05, 0) is 35.9 Å². The van der Waals surface area contributed by atoms with Crippen LogP contribution >= 0.6 is 23.2 Å². The minimum absolute atomic E-state index is 0.268. The van der Waals surface area contributed by atoms with Crippen LogP contribution in [-0.2, 0) is 11.3 Å². The van der Waals surface area contributed by atoms with Crippen LogP contribution < -0.4 is 14.9 Å². The highest BCUT2D eigenvalue weighted by Crippen LogP contribution is 2.29. The molecule has 2 rings (SSSR count). The minimum Gasteiger partial charge on any atom is -0.493 e. The molecule has 25 heavy (non-hydrogen) atoms. The molecule has 0 spiro atoms. The quantitative estimate of drug-likeness (QED) is 0.598. The summed E-state index contributed by atoms with van der Waals surface area (Å²) in [5, 5.41) is 4.85. The van der Waals surface area contributed by atoms with Gasteiger partial charge in [0.25, 0.3) is 0 Å². The fraction of sp³-hybridized carbons (Fsp3) is 0.176. The lowest BCUT2D eigenvalue weighted by atomic mass is 10.2. The van der Waals surface area contributed by atoms with Gasteiger partial charge in [0, 0.05) is 15.6 Å². The number of nitrogens with zero attached hydrogens (tertiary/aromatic N) is 1. The van der Waals surface area contributed by atoms with E-state index in [1.54, 1.807) is 36.4 Å². The number of carbonyl (C=O) groups is 1. The van der Waals surface area contributed by atoms with Crippen molar-refractivity contribution in [1.82, 2.24) is 5.43 Å². The largest absolute Gasteiger partial charge is 0.493 e. The van der Waals surface area contributed by atoms with Crippen LogP contribution in [0.3, 0.4) is 0 Å². The first-order valence-electron chi connectivity index (χ1n) is 7.15. The number of halogens is 2. The minimum atomic E-state index is -0.650. The van der Waals surface area contributed by atoms with E-state index in [1.807, 2.05) is 0 Å². The molecule has 6 nitrogen and oxygen atoms in total. The number of amides is 1. The molecule has 132 valence electrons. The van der Waals surface area contributed by atoms with E-state index in [2.05, 4.69) is 15.3 Å². The molecular formula is C17H16Cl2N2O4.